The van der Waals surface area contributed by atoms with Crippen molar-refractivity contribution in [3.8, 4) is 0 Å². The van der Waals surface area contributed by atoms with E-state index in [2.05, 4.69) is 18.7 Å². The SMILES string of the molecule is CC1CCC2C(C)C(CCCN3CCN(CC(=O)O)CC3)OC3OC4(C)CCC1C32OO4. The average molecular weight is 453 g/mol. The number of carboxylic acid groups (broad SMARTS) is 1. The third kappa shape index (κ3) is 4.01. The lowest BCUT2D eigenvalue weighted by Gasteiger charge is -2.60. The number of hydrogen-bond acceptors (Lipinski definition) is 7. The Morgan fingerprint density at radius 1 is 1.03 bits per heavy atom. The Morgan fingerprint density at radius 2 is 1.78 bits per heavy atom. The number of carboxylic acids is 1. The molecule has 0 aromatic rings. The van der Waals surface area contributed by atoms with Gasteiger partial charge in [0.15, 0.2) is 11.9 Å². The van der Waals surface area contributed by atoms with Crippen LogP contribution in [0, 0.1) is 23.7 Å². The number of nitrogens with zero attached hydrogens (tertiary/aromatic N) is 2. The number of ether oxygens (including phenoxy) is 2. The first-order valence-corrected chi connectivity index (χ1v) is 12.7. The zero-order valence-electron chi connectivity index (χ0n) is 19.8. The fourth-order valence-electron chi connectivity index (χ4n) is 7.19. The summed E-state index contributed by atoms with van der Waals surface area (Å²) >= 11 is 0. The first-order chi connectivity index (χ1) is 15.3. The van der Waals surface area contributed by atoms with Gasteiger partial charge in [-0.2, -0.15) is 0 Å². The van der Waals surface area contributed by atoms with Gasteiger partial charge >= 0.3 is 5.97 Å². The third-order valence-corrected chi connectivity index (χ3v) is 9.08. The summed E-state index contributed by atoms with van der Waals surface area (Å²) in [7, 11) is 0. The number of fused-ring (bicyclic) bond motifs is 2. The van der Waals surface area contributed by atoms with Crippen molar-refractivity contribution in [3.05, 3.63) is 0 Å². The van der Waals surface area contributed by atoms with E-state index in [9.17, 15) is 4.79 Å². The second-order valence-electron chi connectivity index (χ2n) is 11.1. The van der Waals surface area contributed by atoms with Gasteiger partial charge < -0.3 is 19.5 Å². The van der Waals surface area contributed by atoms with Crippen molar-refractivity contribution in [2.45, 2.75) is 83.1 Å². The number of piperazine rings is 1. The first-order valence-electron chi connectivity index (χ1n) is 12.7. The van der Waals surface area contributed by atoms with E-state index in [4.69, 9.17) is 24.4 Å². The molecule has 0 aromatic carbocycles. The molecule has 2 bridgehead atoms. The minimum absolute atomic E-state index is 0.149. The topological polar surface area (TPSA) is 80.7 Å². The molecule has 0 radical (unpaired) electrons. The van der Waals surface area contributed by atoms with Gasteiger partial charge in [0, 0.05) is 38.5 Å². The smallest absolute Gasteiger partial charge is 0.317 e. The van der Waals surface area contributed by atoms with Crippen molar-refractivity contribution >= 4 is 5.97 Å². The minimum Gasteiger partial charge on any atom is -0.480 e. The fourth-order valence-corrected chi connectivity index (χ4v) is 7.19. The summed E-state index contributed by atoms with van der Waals surface area (Å²) in [5.74, 6) is 0.363. The number of hydrogen-bond donors (Lipinski definition) is 1. The van der Waals surface area contributed by atoms with E-state index in [1.54, 1.807) is 0 Å². The number of aliphatic carboxylic acids is 1. The summed E-state index contributed by atoms with van der Waals surface area (Å²) in [4.78, 5) is 27.5. The molecule has 8 nitrogen and oxygen atoms in total. The molecule has 6 fully saturated rings. The van der Waals surface area contributed by atoms with Crippen LogP contribution in [0.15, 0.2) is 0 Å². The summed E-state index contributed by atoms with van der Waals surface area (Å²) in [6.07, 6.45) is 6.22. The Balaban J connectivity index is 1.20. The zero-order chi connectivity index (χ0) is 22.5. The van der Waals surface area contributed by atoms with Gasteiger partial charge in [-0.3, -0.25) is 9.69 Å². The van der Waals surface area contributed by atoms with Crippen molar-refractivity contribution in [1.29, 1.82) is 0 Å². The summed E-state index contributed by atoms with van der Waals surface area (Å²) in [6, 6.07) is 0. The Hall–Kier alpha value is -0.770. The molecule has 0 amide bonds. The van der Waals surface area contributed by atoms with Gasteiger partial charge in [-0.25, -0.2) is 9.78 Å². The lowest BCUT2D eigenvalue weighted by Crippen LogP contribution is -2.70. The molecule has 6 aliphatic rings. The Kier molecular flexibility index (Phi) is 6.31. The van der Waals surface area contributed by atoms with Crippen LogP contribution < -0.4 is 0 Å². The second-order valence-corrected chi connectivity index (χ2v) is 11.1. The van der Waals surface area contributed by atoms with E-state index in [0.717, 1.165) is 64.8 Å². The van der Waals surface area contributed by atoms with Crippen molar-refractivity contribution in [3.63, 3.8) is 0 Å². The van der Waals surface area contributed by atoms with Crippen LogP contribution in [-0.2, 0) is 24.0 Å². The second kappa shape index (κ2) is 8.78. The zero-order valence-corrected chi connectivity index (χ0v) is 19.8. The summed E-state index contributed by atoms with van der Waals surface area (Å²) in [5, 5.41) is 8.98. The highest BCUT2D eigenvalue weighted by molar-refractivity contribution is 5.69. The van der Waals surface area contributed by atoms with E-state index >= 15 is 0 Å². The van der Waals surface area contributed by atoms with Crippen LogP contribution >= 0.6 is 0 Å². The van der Waals surface area contributed by atoms with Gasteiger partial charge in [-0.05, 0) is 63.3 Å². The molecule has 6 rings (SSSR count). The van der Waals surface area contributed by atoms with Crippen LogP contribution in [0.3, 0.4) is 0 Å². The highest BCUT2D eigenvalue weighted by atomic mass is 17.3. The Labute approximate surface area is 191 Å². The normalized spacial score (nSPS) is 47.1. The van der Waals surface area contributed by atoms with E-state index in [1.165, 1.54) is 6.42 Å². The van der Waals surface area contributed by atoms with Crippen molar-refractivity contribution in [1.82, 2.24) is 9.80 Å². The molecule has 5 aliphatic heterocycles. The molecule has 8 atom stereocenters. The molecule has 1 spiro atoms. The van der Waals surface area contributed by atoms with E-state index in [0.29, 0.717) is 23.7 Å². The molecule has 1 aliphatic carbocycles. The predicted octanol–water partition coefficient (Wildman–Crippen LogP) is 2.72. The van der Waals surface area contributed by atoms with Crippen LogP contribution in [0.5, 0.6) is 0 Å². The molecule has 182 valence electrons. The largest absolute Gasteiger partial charge is 0.480 e. The third-order valence-electron chi connectivity index (χ3n) is 9.08. The molecule has 5 saturated heterocycles. The van der Waals surface area contributed by atoms with Crippen molar-refractivity contribution < 1.29 is 29.1 Å². The van der Waals surface area contributed by atoms with Crippen LogP contribution in [0.1, 0.15) is 59.3 Å². The standard InChI is InChI=1S/C24H40N2O6/c1-16-6-7-19-17(2)20(5-4-10-25-11-13-26(14-12-25)15-21(27)28)29-22-24(19)18(16)8-9-23(3,30-22)31-32-24/h16-20,22H,4-15H2,1-3H3,(H,27,28). The molecule has 5 heterocycles. The Morgan fingerprint density at radius 3 is 2.53 bits per heavy atom. The summed E-state index contributed by atoms with van der Waals surface area (Å²) < 4.78 is 13.2. The van der Waals surface area contributed by atoms with Gasteiger partial charge in [-0.15, -0.1) is 0 Å². The van der Waals surface area contributed by atoms with E-state index < -0.39 is 17.4 Å². The fraction of sp³-hybridized carbons (Fsp3) is 0.958. The van der Waals surface area contributed by atoms with Gasteiger partial charge in [0.1, 0.15) is 0 Å². The van der Waals surface area contributed by atoms with Crippen molar-refractivity contribution in [2.24, 2.45) is 23.7 Å². The molecule has 8 unspecified atom stereocenters. The number of rotatable bonds is 6. The van der Waals surface area contributed by atoms with Crippen LogP contribution in [0.4, 0.5) is 0 Å². The average Bonchev–Trinajstić information content (AvgIpc) is 2.98. The highest BCUT2D eigenvalue weighted by Crippen LogP contribution is 2.60. The molecule has 1 saturated carbocycles. The molecule has 8 heteroatoms. The van der Waals surface area contributed by atoms with Crippen LogP contribution in [-0.4, -0.2) is 83.9 Å². The molecule has 32 heavy (non-hydrogen) atoms. The Bertz CT molecular complexity index is 700. The molecule has 1 N–H and O–H groups in total. The van der Waals surface area contributed by atoms with Gasteiger partial charge in [-0.1, -0.05) is 13.8 Å². The van der Waals surface area contributed by atoms with Crippen LogP contribution in [0.25, 0.3) is 0 Å². The summed E-state index contributed by atoms with van der Waals surface area (Å²) in [5.41, 5.74) is -0.468. The maximum absolute atomic E-state index is 10.9. The monoisotopic (exact) mass is 452 g/mol. The van der Waals surface area contributed by atoms with Crippen LogP contribution in [0.2, 0.25) is 0 Å². The van der Waals surface area contributed by atoms with E-state index in [1.807, 2.05) is 11.8 Å². The highest BCUT2D eigenvalue weighted by Gasteiger charge is 2.69. The van der Waals surface area contributed by atoms with Gasteiger partial charge in [0.2, 0.25) is 5.79 Å². The van der Waals surface area contributed by atoms with E-state index in [-0.39, 0.29) is 18.9 Å². The lowest BCUT2D eigenvalue weighted by atomic mass is 9.57. The van der Waals surface area contributed by atoms with Crippen molar-refractivity contribution in [2.75, 3.05) is 39.3 Å². The molecular formula is C24H40N2O6. The lowest BCUT2D eigenvalue weighted by molar-refractivity contribution is -0.571. The first kappa shape index (κ1) is 23.0. The quantitative estimate of drug-likeness (QED) is 0.616. The molecule has 0 aromatic heterocycles. The van der Waals surface area contributed by atoms with Gasteiger partial charge in [0.25, 0.3) is 0 Å². The molecular weight excluding hydrogens is 412 g/mol. The number of carbonyl (C=O) groups is 1. The maximum atomic E-state index is 10.9. The maximum Gasteiger partial charge on any atom is 0.317 e. The minimum atomic E-state index is -0.739. The van der Waals surface area contributed by atoms with Gasteiger partial charge in [0.05, 0.1) is 12.6 Å². The predicted molar refractivity (Wildman–Crippen MR) is 117 cm³/mol. The summed E-state index contributed by atoms with van der Waals surface area (Å²) in [6.45, 7) is 11.4.